The molecule has 0 radical (unpaired) electrons. The number of hydrogen-bond acceptors (Lipinski definition) is 11. The molecular weight excluding hydrogens is 550 g/mol. The van der Waals surface area contributed by atoms with Gasteiger partial charge in [0.25, 0.3) is 0 Å². The lowest BCUT2D eigenvalue weighted by Crippen LogP contribution is -2.62. The van der Waals surface area contributed by atoms with E-state index in [1.807, 2.05) is 18.7 Å². The molecule has 2 amide bonds. The van der Waals surface area contributed by atoms with E-state index in [9.17, 15) is 24.3 Å². The number of rotatable bonds is 10. The molecule has 6 atom stereocenters. The third kappa shape index (κ3) is 5.28. The van der Waals surface area contributed by atoms with Gasteiger partial charge in [0, 0.05) is 74.3 Å². The number of carboxylic acid groups (broad SMARTS) is 1. The van der Waals surface area contributed by atoms with Crippen molar-refractivity contribution in [2.45, 2.75) is 56.6 Å². The van der Waals surface area contributed by atoms with E-state index in [1.165, 1.54) is 27.7 Å². The topological polar surface area (TPSA) is 166 Å². The van der Waals surface area contributed by atoms with E-state index in [4.69, 9.17) is 0 Å². The Morgan fingerprint density at radius 2 is 1.93 bits per heavy atom. The van der Waals surface area contributed by atoms with Gasteiger partial charge in [0.1, 0.15) is 18.6 Å². The number of Topliss-reactive ketones (excluding diaryl/α,β-unsaturated/α-hetero) is 1. The van der Waals surface area contributed by atoms with Crippen LogP contribution in [0, 0.1) is 17.8 Å². The van der Waals surface area contributed by atoms with Crippen LogP contribution in [-0.2, 0) is 25.7 Å². The van der Waals surface area contributed by atoms with Crippen molar-refractivity contribution >= 4 is 35.3 Å². The van der Waals surface area contributed by atoms with Crippen LogP contribution in [0.3, 0.4) is 0 Å². The number of piperazine rings is 1. The van der Waals surface area contributed by atoms with Crippen molar-refractivity contribution in [2.24, 2.45) is 17.8 Å². The Morgan fingerprint density at radius 1 is 1.17 bits per heavy atom. The van der Waals surface area contributed by atoms with Gasteiger partial charge >= 0.3 is 5.97 Å². The molecule has 15 heteroatoms. The second-order valence-electron chi connectivity index (χ2n) is 11.9. The van der Waals surface area contributed by atoms with Crippen LogP contribution in [0.15, 0.2) is 16.9 Å². The molecule has 0 aromatic carbocycles. The monoisotopic (exact) mass is 587 g/mol. The SMILES string of the molecule is C[C@@H](CC(=O)Cn1cnnn1)[C@H]1C(=O)N2C(C(=O)O)=C(S[C@@H]3CN[C@H](C(=O)N4CCN(C5CNC5)CC4)C3)[C@H](C)[C@H]12. The number of tetrazole rings is 1. The number of amides is 2. The maximum Gasteiger partial charge on any atom is 0.353 e. The summed E-state index contributed by atoms with van der Waals surface area (Å²) < 4.78 is 1.35. The molecule has 0 spiro atoms. The van der Waals surface area contributed by atoms with E-state index >= 15 is 0 Å². The lowest BCUT2D eigenvalue weighted by Gasteiger charge is -2.47. The number of aromatic nitrogens is 4. The van der Waals surface area contributed by atoms with Crippen LogP contribution in [0.1, 0.15) is 26.7 Å². The molecule has 4 fully saturated rings. The third-order valence-corrected chi connectivity index (χ3v) is 10.8. The van der Waals surface area contributed by atoms with E-state index in [-0.39, 0.29) is 65.4 Å². The summed E-state index contributed by atoms with van der Waals surface area (Å²) in [6.07, 6.45) is 2.16. The highest BCUT2D eigenvalue weighted by atomic mass is 32.2. The van der Waals surface area contributed by atoms with Crippen LogP contribution in [0.4, 0.5) is 0 Å². The zero-order chi connectivity index (χ0) is 28.8. The smallest absolute Gasteiger partial charge is 0.353 e. The van der Waals surface area contributed by atoms with Crippen molar-refractivity contribution in [3.8, 4) is 0 Å². The maximum atomic E-state index is 13.3. The molecule has 222 valence electrons. The highest BCUT2D eigenvalue weighted by Gasteiger charge is 2.60. The first-order chi connectivity index (χ1) is 19.7. The molecule has 6 heterocycles. The molecule has 1 aromatic heterocycles. The van der Waals surface area contributed by atoms with Crippen molar-refractivity contribution in [2.75, 3.05) is 45.8 Å². The zero-order valence-electron chi connectivity index (χ0n) is 23.3. The van der Waals surface area contributed by atoms with E-state index in [1.54, 1.807) is 0 Å². The highest BCUT2D eigenvalue weighted by Crippen LogP contribution is 2.53. The Labute approximate surface area is 242 Å². The Hall–Kier alpha value is -2.88. The summed E-state index contributed by atoms with van der Waals surface area (Å²) in [7, 11) is 0. The molecule has 5 aliphatic rings. The predicted octanol–water partition coefficient (Wildman–Crippen LogP) is -1.38. The summed E-state index contributed by atoms with van der Waals surface area (Å²) in [5, 5.41) is 27.6. The van der Waals surface area contributed by atoms with E-state index in [2.05, 4.69) is 31.1 Å². The van der Waals surface area contributed by atoms with Crippen LogP contribution in [0.5, 0.6) is 0 Å². The van der Waals surface area contributed by atoms with Gasteiger partial charge in [-0.1, -0.05) is 13.8 Å². The normalized spacial score (nSPS) is 31.2. The van der Waals surface area contributed by atoms with E-state index in [0.717, 1.165) is 39.3 Å². The minimum Gasteiger partial charge on any atom is -0.477 e. The summed E-state index contributed by atoms with van der Waals surface area (Å²) in [6.45, 7) is 9.75. The molecular formula is C26H37N9O5S. The van der Waals surface area contributed by atoms with Gasteiger partial charge in [-0.15, -0.1) is 16.9 Å². The fourth-order valence-electron chi connectivity index (χ4n) is 6.97. The summed E-state index contributed by atoms with van der Waals surface area (Å²) in [4.78, 5) is 57.9. The Balaban J connectivity index is 1.06. The van der Waals surface area contributed by atoms with Gasteiger partial charge in [0.2, 0.25) is 11.8 Å². The molecule has 6 rings (SSSR count). The first kappa shape index (κ1) is 28.2. The van der Waals surface area contributed by atoms with Crippen LogP contribution >= 0.6 is 11.8 Å². The predicted molar refractivity (Wildman–Crippen MR) is 147 cm³/mol. The number of carbonyl (C=O) groups is 4. The number of ketones is 1. The second-order valence-corrected chi connectivity index (χ2v) is 13.2. The first-order valence-corrected chi connectivity index (χ1v) is 15.3. The fourth-order valence-corrected chi connectivity index (χ4v) is 8.45. The molecule has 3 N–H and O–H groups in total. The van der Waals surface area contributed by atoms with Crippen LogP contribution in [0.25, 0.3) is 0 Å². The van der Waals surface area contributed by atoms with Gasteiger partial charge in [0.15, 0.2) is 5.78 Å². The van der Waals surface area contributed by atoms with Gasteiger partial charge in [-0.05, 0) is 22.8 Å². The minimum absolute atomic E-state index is 0.0284. The van der Waals surface area contributed by atoms with E-state index in [0.29, 0.717) is 23.9 Å². The number of β-lactam (4-membered cyclic amide) rings is 1. The number of carbonyl (C=O) groups excluding carboxylic acids is 3. The fraction of sp³-hybridized carbons (Fsp3) is 0.731. The van der Waals surface area contributed by atoms with Crippen molar-refractivity contribution in [3.63, 3.8) is 0 Å². The largest absolute Gasteiger partial charge is 0.477 e. The maximum absolute atomic E-state index is 13.3. The van der Waals surface area contributed by atoms with Crippen molar-refractivity contribution < 1.29 is 24.3 Å². The molecule has 41 heavy (non-hydrogen) atoms. The average molecular weight is 588 g/mol. The highest BCUT2D eigenvalue weighted by molar-refractivity contribution is 8.03. The Bertz CT molecular complexity index is 1230. The first-order valence-electron chi connectivity index (χ1n) is 14.4. The van der Waals surface area contributed by atoms with Crippen LogP contribution < -0.4 is 10.6 Å². The van der Waals surface area contributed by atoms with Crippen LogP contribution in [0.2, 0.25) is 0 Å². The summed E-state index contributed by atoms with van der Waals surface area (Å²) in [6, 6.07) is 0.00874. The van der Waals surface area contributed by atoms with Gasteiger partial charge in [-0.25, -0.2) is 9.48 Å². The van der Waals surface area contributed by atoms with Gasteiger partial charge in [-0.3, -0.25) is 19.3 Å². The molecule has 4 saturated heterocycles. The van der Waals surface area contributed by atoms with Gasteiger partial charge in [-0.2, -0.15) is 0 Å². The third-order valence-electron chi connectivity index (χ3n) is 9.27. The molecule has 0 unspecified atom stereocenters. The van der Waals surface area contributed by atoms with E-state index < -0.39 is 11.9 Å². The number of hydrogen-bond donors (Lipinski definition) is 3. The molecule has 0 aliphatic carbocycles. The standard InChI is InChI=1S/C26H37N9O5S/c1-14(7-17(36)12-34-13-29-30-31-34)20-21-15(2)23(22(26(39)40)35(21)25(20)38)41-18-8-19(28-11-18)24(37)33-5-3-32(4-6-33)16-9-27-10-16/h13-16,18-21,27-28H,3-12H2,1-2H3,(H,39,40)/t14-,15+,18-,19-,20+,21+/m0/s1. The second kappa shape index (κ2) is 11.4. The van der Waals surface area contributed by atoms with Crippen molar-refractivity contribution in [3.05, 3.63) is 16.9 Å². The lowest BCUT2D eigenvalue weighted by molar-refractivity contribution is -0.160. The Kier molecular flexibility index (Phi) is 7.87. The number of nitrogens with one attached hydrogen (secondary N) is 2. The average Bonchev–Trinajstić information content (AvgIpc) is 3.64. The molecule has 0 bridgehead atoms. The number of fused-ring (bicyclic) bond motifs is 1. The zero-order valence-corrected chi connectivity index (χ0v) is 24.1. The summed E-state index contributed by atoms with van der Waals surface area (Å²) in [5.74, 6) is -2.18. The van der Waals surface area contributed by atoms with Crippen molar-refractivity contribution in [1.29, 1.82) is 0 Å². The summed E-state index contributed by atoms with van der Waals surface area (Å²) in [5.41, 5.74) is 0.0531. The molecule has 5 aliphatic heterocycles. The number of nitrogens with zero attached hydrogens (tertiary/aromatic N) is 7. The summed E-state index contributed by atoms with van der Waals surface area (Å²) >= 11 is 1.49. The number of aliphatic carboxylic acids is 1. The minimum atomic E-state index is -1.12. The van der Waals surface area contributed by atoms with Crippen molar-refractivity contribution in [1.82, 2.24) is 45.5 Å². The van der Waals surface area contributed by atoms with Gasteiger partial charge in [0.05, 0.1) is 18.0 Å². The van der Waals surface area contributed by atoms with Crippen LogP contribution in [-0.4, -0.2) is 133 Å². The molecule has 14 nitrogen and oxygen atoms in total. The van der Waals surface area contributed by atoms with Gasteiger partial charge < -0.3 is 25.5 Å². The number of thioether (sulfide) groups is 1. The Morgan fingerprint density at radius 3 is 2.56 bits per heavy atom. The molecule has 0 saturated carbocycles. The lowest BCUT2D eigenvalue weighted by atomic mass is 9.73. The number of carboxylic acids is 1. The molecule has 1 aromatic rings. The quantitative estimate of drug-likeness (QED) is 0.275.